The number of aryl methyl sites for hydroxylation is 1. The highest BCUT2D eigenvalue weighted by Crippen LogP contribution is 2.21. The summed E-state index contributed by atoms with van der Waals surface area (Å²) in [6, 6.07) is 6.18. The van der Waals surface area contributed by atoms with E-state index in [9.17, 15) is 4.79 Å². The molecule has 1 atom stereocenters. The number of thiophene rings is 1. The molecule has 1 aliphatic heterocycles. The molecule has 7 heteroatoms. The van der Waals surface area contributed by atoms with Crippen molar-refractivity contribution in [3.05, 3.63) is 58.8 Å². The highest BCUT2D eigenvalue weighted by atomic mass is 32.1. The number of carbonyl (C=O) groups is 1. The van der Waals surface area contributed by atoms with Crippen molar-refractivity contribution < 1.29 is 4.79 Å². The predicted molar refractivity (Wildman–Crippen MR) is 111 cm³/mol. The first-order valence-electron chi connectivity index (χ1n) is 9.64. The van der Waals surface area contributed by atoms with Gasteiger partial charge in [0.15, 0.2) is 0 Å². The highest BCUT2D eigenvalue weighted by molar-refractivity contribution is 7.09. The van der Waals surface area contributed by atoms with Crippen LogP contribution in [0.3, 0.4) is 0 Å². The summed E-state index contributed by atoms with van der Waals surface area (Å²) in [6.07, 6.45) is 9.43. The first kappa shape index (κ1) is 18.8. The zero-order valence-electron chi connectivity index (χ0n) is 16.0. The van der Waals surface area contributed by atoms with E-state index >= 15 is 0 Å². The molecule has 3 aromatic rings. The Morgan fingerprint density at radius 2 is 2.25 bits per heavy atom. The van der Waals surface area contributed by atoms with Crippen molar-refractivity contribution >= 4 is 17.2 Å². The van der Waals surface area contributed by atoms with Gasteiger partial charge in [-0.1, -0.05) is 6.07 Å². The van der Waals surface area contributed by atoms with E-state index in [1.165, 1.54) is 11.3 Å². The molecule has 0 unspecified atom stereocenters. The van der Waals surface area contributed by atoms with Crippen molar-refractivity contribution in [2.45, 2.75) is 19.4 Å². The third-order valence-electron chi connectivity index (χ3n) is 5.15. The van der Waals surface area contributed by atoms with E-state index in [0.717, 1.165) is 37.2 Å². The van der Waals surface area contributed by atoms with Gasteiger partial charge in [0, 0.05) is 61.3 Å². The number of likely N-dealkylation sites (tertiary alicyclic amines) is 1. The standard InChI is InChI=1S/C21H25N5OS/c1-25-14-19(12-24-25)17-8-18(11-22-10-17)21(27)23-9-16-4-2-6-26(13-16)15-20-5-3-7-28-20/h3,5,7-8,10-12,14,16H,2,4,6,9,13,15H2,1H3,(H,23,27)/t16-/m0/s1. The van der Waals surface area contributed by atoms with E-state index in [0.29, 0.717) is 18.0 Å². The molecule has 4 rings (SSSR count). The van der Waals surface area contributed by atoms with Gasteiger partial charge in [-0.25, -0.2) is 0 Å². The topological polar surface area (TPSA) is 63.1 Å². The molecule has 0 spiro atoms. The lowest BCUT2D eigenvalue weighted by Gasteiger charge is -2.32. The van der Waals surface area contributed by atoms with Gasteiger partial charge < -0.3 is 5.32 Å². The average Bonchev–Trinajstić information content (AvgIpc) is 3.38. The van der Waals surface area contributed by atoms with Crippen molar-refractivity contribution in [1.29, 1.82) is 0 Å². The van der Waals surface area contributed by atoms with Crippen LogP contribution in [0.2, 0.25) is 0 Å². The van der Waals surface area contributed by atoms with Crippen LogP contribution in [0.1, 0.15) is 28.1 Å². The van der Waals surface area contributed by atoms with Crippen molar-refractivity contribution in [3.8, 4) is 11.1 Å². The minimum atomic E-state index is -0.0615. The number of amides is 1. The Bertz CT molecular complexity index is 921. The maximum absolute atomic E-state index is 12.6. The molecule has 0 aliphatic carbocycles. The number of nitrogens with zero attached hydrogens (tertiary/aromatic N) is 4. The molecule has 0 saturated carbocycles. The maximum atomic E-state index is 12.6. The molecule has 1 N–H and O–H groups in total. The van der Waals surface area contributed by atoms with Crippen LogP contribution in [0.25, 0.3) is 11.1 Å². The van der Waals surface area contributed by atoms with Gasteiger partial charge in [-0.3, -0.25) is 19.4 Å². The third kappa shape index (κ3) is 4.66. The van der Waals surface area contributed by atoms with Gasteiger partial charge >= 0.3 is 0 Å². The SMILES string of the molecule is Cn1cc(-c2cncc(C(=O)NC[C@@H]3CCCN(Cc4cccs4)C3)c2)cn1. The number of pyridine rings is 1. The lowest BCUT2D eigenvalue weighted by atomic mass is 9.97. The minimum absolute atomic E-state index is 0.0615. The minimum Gasteiger partial charge on any atom is -0.352 e. The summed E-state index contributed by atoms with van der Waals surface area (Å²) in [7, 11) is 1.87. The number of hydrogen-bond donors (Lipinski definition) is 1. The maximum Gasteiger partial charge on any atom is 0.252 e. The van der Waals surface area contributed by atoms with Gasteiger partial charge in [-0.2, -0.15) is 5.10 Å². The molecule has 0 aromatic carbocycles. The second-order valence-electron chi connectivity index (χ2n) is 7.40. The first-order valence-corrected chi connectivity index (χ1v) is 10.5. The molecule has 1 aliphatic rings. The molecule has 1 saturated heterocycles. The van der Waals surface area contributed by atoms with Crippen LogP contribution in [0.4, 0.5) is 0 Å². The number of nitrogens with one attached hydrogen (secondary N) is 1. The molecule has 1 fully saturated rings. The van der Waals surface area contributed by atoms with E-state index in [1.54, 1.807) is 23.3 Å². The van der Waals surface area contributed by atoms with Gasteiger partial charge in [-0.15, -0.1) is 11.3 Å². The molecule has 1 amide bonds. The molecule has 4 heterocycles. The van der Waals surface area contributed by atoms with E-state index < -0.39 is 0 Å². The Kier molecular flexibility index (Phi) is 5.83. The summed E-state index contributed by atoms with van der Waals surface area (Å²) in [5.74, 6) is 0.431. The second kappa shape index (κ2) is 8.67. The molecule has 0 bridgehead atoms. The van der Waals surface area contributed by atoms with Crippen LogP contribution in [-0.4, -0.2) is 45.2 Å². The third-order valence-corrected chi connectivity index (χ3v) is 6.01. The summed E-state index contributed by atoms with van der Waals surface area (Å²) in [4.78, 5) is 20.8. The summed E-state index contributed by atoms with van der Waals surface area (Å²) in [5, 5.41) is 9.42. The smallest absolute Gasteiger partial charge is 0.252 e. The Morgan fingerprint density at radius 3 is 3.04 bits per heavy atom. The summed E-state index contributed by atoms with van der Waals surface area (Å²) in [5.41, 5.74) is 2.45. The van der Waals surface area contributed by atoms with E-state index in [2.05, 4.69) is 37.8 Å². The largest absolute Gasteiger partial charge is 0.352 e. The number of aromatic nitrogens is 3. The van der Waals surface area contributed by atoms with Crippen molar-refractivity contribution in [1.82, 2.24) is 25.0 Å². The van der Waals surface area contributed by atoms with E-state index in [1.807, 2.05) is 30.6 Å². The predicted octanol–water partition coefficient (Wildman–Crippen LogP) is 3.19. The molecule has 3 aromatic heterocycles. The summed E-state index contributed by atoms with van der Waals surface area (Å²) >= 11 is 1.81. The molecule has 146 valence electrons. The Balaban J connectivity index is 1.32. The van der Waals surface area contributed by atoms with Crippen molar-refractivity contribution in [2.24, 2.45) is 13.0 Å². The van der Waals surface area contributed by atoms with E-state index in [4.69, 9.17) is 0 Å². The average molecular weight is 396 g/mol. The molecular weight excluding hydrogens is 370 g/mol. The molecule has 6 nitrogen and oxygen atoms in total. The van der Waals surface area contributed by atoms with Gasteiger partial charge in [0.25, 0.3) is 5.91 Å². The Hall–Kier alpha value is -2.51. The number of hydrogen-bond acceptors (Lipinski definition) is 5. The van der Waals surface area contributed by atoms with Crippen LogP contribution in [0.5, 0.6) is 0 Å². The molecular formula is C21H25N5OS. The zero-order chi connectivity index (χ0) is 19.3. The first-order chi connectivity index (χ1) is 13.7. The number of piperidine rings is 1. The fourth-order valence-electron chi connectivity index (χ4n) is 3.72. The van der Waals surface area contributed by atoms with Crippen molar-refractivity contribution in [2.75, 3.05) is 19.6 Å². The summed E-state index contributed by atoms with van der Waals surface area (Å²) in [6.45, 7) is 3.89. The van der Waals surface area contributed by atoms with Crippen LogP contribution in [-0.2, 0) is 13.6 Å². The van der Waals surface area contributed by atoms with Crippen LogP contribution in [0, 0.1) is 5.92 Å². The Morgan fingerprint density at radius 1 is 1.32 bits per heavy atom. The van der Waals surface area contributed by atoms with Crippen molar-refractivity contribution in [3.63, 3.8) is 0 Å². The number of rotatable bonds is 6. The second-order valence-corrected chi connectivity index (χ2v) is 8.43. The number of carbonyl (C=O) groups excluding carboxylic acids is 1. The molecule has 28 heavy (non-hydrogen) atoms. The lowest BCUT2D eigenvalue weighted by Crippen LogP contribution is -2.40. The van der Waals surface area contributed by atoms with Gasteiger partial charge in [0.2, 0.25) is 0 Å². The van der Waals surface area contributed by atoms with Crippen LogP contribution < -0.4 is 5.32 Å². The Labute approximate surface area is 169 Å². The normalized spacial score (nSPS) is 17.5. The fraction of sp³-hybridized carbons (Fsp3) is 0.381. The highest BCUT2D eigenvalue weighted by Gasteiger charge is 2.21. The van der Waals surface area contributed by atoms with Gasteiger partial charge in [0.05, 0.1) is 11.8 Å². The van der Waals surface area contributed by atoms with Crippen LogP contribution in [0.15, 0.2) is 48.4 Å². The quantitative estimate of drug-likeness (QED) is 0.696. The van der Waals surface area contributed by atoms with Crippen LogP contribution >= 0.6 is 11.3 Å². The fourth-order valence-corrected chi connectivity index (χ4v) is 4.46. The van der Waals surface area contributed by atoms with Gasteiger partial charge in [0.1, 0.15) is 0 Å². The summed E-state index contributed by atoms with van der Waals surface area (Å²) < 4.78 is 1.74. The monoisotopic (exact) mass is 395 g/mol. The lowest BCUT2D eigenvalue weighted by molar-refractivity contribution is 0.0930. The molecule has 0 radical (unpaired) electrons. The van der Waals surface area contributed by atoms with Gasteiger partial charge in [-0.05, 0) is 42.8 Å². The zero-order valence-corrected chi connectivity index (χ0v) is 16.9. The van der Waals surface area contributed by atoms with E-state index in [-0.39, 0.29) is 5.91 Å².